The monoisotopic (exact) mass is 416 g/mol. The van der Waals surface area contributed by atoms with E-state index in [0.29, 0.717) is 18.9 Å². The van der Waals surface area contributed by atoms with E-state index >= 15 is 0 Å². The first-order chi connectivity index (χ1) is 14.4. The number of hydrogen-bond acceptors (Lipinski definition) is 6. The van der Waals surface area contributed by atoms with E-state index in [2.05, 4.69) is 25.8 Å². The van der Waals surface area contributed by atoms with Crippen LogP contribution in [0.25, 0.3) is 0 Å². The molecule has 0 saturated carbocycles. The van der Waals surface area contributed by atoms with E-state index in [1.807, 2.05) is 19.1 Å². The molecule has 0 aliphatic carbocycles. The van der Waals surface area contributed by atoms with Crippen LogP contribution in [-0.4, -0.2) is 54.9 Å². The Morgan fingerprint density at radius 3 is 3.00 bits per heavy atom. The minimum Gasteiger partial charge on any atom is -0.481 e. The van der Waals surface area contributed by atoms with Gasteiger partial charge in [0.25, 0.3) is 5.82 Å². The number of likely N-dealkylation sites (tertiary alicyclic amines) is 1. The summed E-state index contributed by atoms with van der Waals surface area (Å²) < 4.78 is 19.0. The topological polar surface area (TPSA) is 119 Å². The number of amidine groups is 1. The fraction of sp³-hybridized carbons (Fsp3) is 0.400. The van der Waals surface area contributed by atoms with Crippen LogP contribution in [0.2, 0.25) is 0 Å². The summed E-state index contributed by atoms with van der Waals surface area (Å²) >= 11 is 0. The Balaban J connectivity index is 1.60. The minimum absolute atomic E-state index is 0.0264. The zero-order valence-electron chi connectivity index (χ0n) is 17.3. The van der Waals surface area contributed by atoms with Crippen molar-refractivity contribution >= 4 is 17.6 Å². The van der Waals surface area contributed by atoms with Gasteiger partial charge in [0.05, 0.1) is 31.8 Å². The van der Waals surface area contributed by atoms with Crippen LogP contribution in [0.3, 0.4) is 0 Å². The van der Waals surface area contributed by atoms with E-state index in [1.165, 1.54) is 13.2 Å². The number of aromatic amines is 1. The lowest BCUT2D eigenvalue weighted by atomic mass is 10.1. The molecular formula is C20H27FN7O2+. The van der Waals surface area contributed by atoms with Crippen LogP contribution in [-0.2, 0) is 11.2 Å². The molecule has 0 radical (unpaired) electrons. The van der Waals surface area contributed by atoms with E-state index in [0.717, 1.165) is 29.7 Å². The number of aryl methyl sites for hydroxylation is 1. The maximum absolute atomic E-state index is 14.0. The lowest BCUT2D eigenvalue weighted by Crippen LogP contribution is -2.34. The summed E-state index contributed by atoms with van der Waals surface area (Å²) in [5, 5.41) is 7.40. The Hall–Kier alpha value is -3.43. The second-order valence-electron chi connectivity index (χ2n) is 7.10. The highest BCUT2D eigenvalue weighted by molar-refractivity contribution is 5.98. The number of H-pyrrole nitrogens is 1. The van der Waals surface area contributed by atoms with Crippen molar-refractivity contribution < 1.29 is 18.9 Å². The number of hydrazone groups is 1. The molecule has 0 bridgehead atoms. The van der Waals surface area contributed by atoms with Gasteiger partial charge in [0.2, 0.25) is 11.8 Å². The number of nitrogens with two attached hydrogens (primary N) is 1. The van der Waals surface area contributed by atoms with Gasteiger partial charge in [-0.3, -0.25) is 10.1 Å². The number of amides is 1. The van der Waals surface area contributed by atoms with Gasteiger partial charge in [-0.1, -0.05) is 0 Å². The molecule has 9 nitrogen and oxygen atoms in total. The van der Waals surface area contributed by atoms with E-state index in [9.17, 15) is 9.18 Å². The van der Waals surface area contributed by atoms with Gasteiger partial charge in [-0.05, 0) is 13.0 Å². The Morgan fingerprint density at radius 2 is 2.30 bits per heavy atom. The van der Waals surface area contributed by atoms with Crippen molar-refractivity contribution in [3.05, 3.63) is 47.0 Å². The fourth-order valence-corrected chi connectivity index (χ4v) is 3.45. The molecule has 1 fully saturated rings. The summed E-state index contributed by atoms with van der Waals surface area (Å²) in [7, 11) is 3.14. The molecule has 1 saturated heterocycles. The van der Waals surface area contributed by atoms with E-state index in [1.54, 1.807) is 11.9 Å². The molecule has 1 amide bonds. The van der Waals surface area contributed by atoms with Gasteiger partial charge in [0, 0.05) is 37.7 Å². The van der Waals surface area contributed by atoms with E-state index < -0.39 is 5.82 Å². The number of rotatable bonds is 7. The molecule has 2 aromatic heterocycles. The van der Waals surface area contributed by atoms with Crippen molar-refractivity contribution in [3.63, 3.8) is 0 Å². The summed E-state index contributed by atoms with van der Waals surface area (Å²) in [4.78, 5) is 21.4. The number of carbonyl (C=O) groups is 1. The SMILES string of the molecule is CN/N=C(\N)c1ccc(NC2CCN(C(=O)Cc3cc(OC)ncc3F)C2)[nH+]c1C. The molecule has 160 valence electrons. The van der Waals surface area contributed by atoms with Gasteiger partial charge >= 0.3 is 0 Å². The molecule has 1 aliphatic rings. The van der Waals surface area contributed by atoms with E-state index in [4.69, 9.17) is 10.5 Å². The lowest BCUT2D eigenvalue weighted by molar-refractivity contribution is -0.371. The van der Waals surface area contributed by atoms with Gasteiger partial charge in [0.1, 0.15) is 17.6 Å². The predicted octanol–water partition coefficient (Wildman–Crippen LogP) is 0.447. The Morgan fingerprint density at radius 1 is 1.50 bits per heavy atom. The standard InChI is InChI=1S/C20H26FN7O2/c1-12-15(20(22)27-23-2)4-5-17(25-12)26-14-6-7-28(11-14)19(29)9-13-8-18(30-3)24-10-16(13)21/h4-5,8,10,14,23H,6-7,9,11H2,1-3H3,(H2,22,27)(H,25,26)/p+1. The number of pyridine rings is 2. The summed E-state index contributed by atoms with van der Waals surface area (Å²) in [6.45, 7) is 3.07. The summed E-state index contributed by atoms with van der Waals surface area (Å²) in [6, 6.07) is 5.34. The summed E-state index contributed by atoms with van der Waals surface area (Å²) in [6.07, 6.45) is 1.85. The van der Waals surface area contributed by atoms with Crippen LogP contribution in [0, 0.1) is 12.7 Å². The molecule has 30 heavy (non-hydrogen) atoms. The number of nitrogens with zero attached hydrogens (tertiary/aromatic N) is 3. The molecule has 1 aliphatic heterocycles. The summed E-state index contributed by atoms with van der Waals surface area (Å²) in [5.74, 6) is 0.880. The smallest absolute Gasteiger partial charge is 0.272 e. The average molecular weight is 416 g/mol. The molecule has 3 heterocycles. The summed E-state index contributed by atoms with van der Waals surface area (Å²) in [5.41, 5.74) is 10.6. The Bertz CT molecular complexity index is 951. The van der Waals surface area contributed by atoms with Gasteiger partial charge in [-0.2, -0.15) is 5.10 Å². The number of halogens is 1. The Labute approximate surface area is 174 Å². The van der Waals surface area contributed by atoms with Crippen molar-refractivity contribution in [2.45, 2.75) is 25.8 Å². The van der Waals surface area contributed by atoms with Crippen molar-refractivity contribution in [3.8, 4) is 5.88 Å². The predicted molar refractivity (Wildman–Crippen MR) is 111 cm³/mol. The van der Waals surface area contributed by atoms with Crippen molar-refractivity contribution in [1.82, 2.24) is 15.3 Å². The van der Waals surface area contributed by atoms with Gasteiger partial charge < -0.3 is 20.8 Å². The molecule has 10 heteroatoms. The number of hydrogen-bond donors (Lipinski definition) is 3. The Kier molecular flexibility index (Phi) is 6.65. The lowest BCUT2D eigenvalue weighted by Gasteiger charge is -2.16. The first-order valence-electron chi connectivity index (χ1n) is 9.67. The molecule has 0 spiro atoms. The number of anilines is 1. The molecule has 2 aromatic rings. The highest BCUT2D eigenvalue weighted by atomic mass is 19.1. The van der Waals surface area contributed by atoms with Crippen LogP contribution >= 0.6 is 0 Å². The van der Waals surface area contributed by atoms with Crippen LogP contribution in [0.4, 0.5) is 10.2 Å². The highest BCUT2D eigenvalue weighted by Crippen LogP contribution is 2.18. The molecule has 1 unspecified atom stereocenters. The number of aromatic nitrogens is 2. The molecule has 5 N–H and O–H groups in total. The van der Waals surface area contributed by atoms with Gasteiger partial charge in [-0.25, -0.2) is 14.4 Å². The van der Waals surface area contributed by atoms with E-state index in [-0.39, 0.29) is 29.8 Å². The number of nitrogens with one attached hydrogen (secondary N) is 3. The third-order valence-electron chi connectivity index (χ3n) is 5.01. The first kappa shape index (κ1) is 21.3. The second-order valence-corrected chi connectivity index (χ2v) is 7.10. The fourth-order valence-electron chi connectivity index (χ4n) is 3.45. The minimum atomic E-state index is -0.510. The largest absolute Gasteiger partial charge is 0.481 e. The third-order valence-corrected chi connectivity index (χ3v) is 5.01. The third kappa shape index (κ3) is 4.94. The number of ether oxygens (including phenoxy) is 1. The van der Waals surface area contributed by atoms with Crippen LogP contribution in [0.5, 0.6) is 5.88 Å². The van der Waals surface area contributed by atoms with Gasteiger partial charge in [-0.15, -0.1) is 0 Å². The maximum Gasteiger partial charge on any atom is 0.272 e. The van der Waals surface area contributed by atoms with Crippen LogP contribution < -0.4 is 26.2 Å². The molecule has 3 rings (SSSR count). The van der Waals surface area contributed by atoms with Crippen LogP contribution in [0.1, 0.15) is 23.2 Å². The average Bonchev–Trinajstić information content (AvgIpc) is 3.18. The zero-order chi connectivity index (χ0) is 21.7. The van der Waals surface area contributed by atoms with Crippen molar-refractivity contribution in [2.24, 2.45) is 10.8 Å². The maximum atomic E-state index is 14.0. The highest BCUT2D eigenvalue weighted by Gasteiger charge is 2.30. The van der Waals surface area contributed by atoms with Gasteiger partial charge in [0.15, 0.2) is 5.84 Å². The molecular weight excluding hydrogens is 389 g/mol. The molecule has 1 atom stereocenters. The van der Waals surface area contributed by atoms with Crippen LogP contribution in [0.15, 0.2) is 29.5 Å². The number of carbonyl (C=O) groups excluding carboxylic acids is 1. The molecule has 0 aromatic carbocycles. The first-order valence-corrected chi connectivity index (χ1v) is 9.67. The van der Waals surface area contributed by atoms with Crippen molar-refractivity contribution in [1.29, 1.82) is 0 Å². The normalized spacial score (nSPS) is 16.5. The van der Waals surface area contributed by atoms with Crippen molar-refractivity contribution in [2.75, 3.05) is 32.6 Å². The number of methoxy groups -OCH3 is 1. The quantitative estimate of drug-likeness (QED) is 0.343. The zero-order valence-corrected chi connectivity index (χ0v) is 17.3. The second kappa shape index (κ2) is 9.38.